The highest BCUT2D eigenvalue weighted by Gasteiger charge is 2.32. The summed E-state index contributed by atoms with van der Waals surface area (Å²) in [6.07, 6.45) is 0.896. The van der Waals surface area contributed by atoms with Crippen molar-refractivity contribution in [3.05, 3.63) is 35.4 Å². The van der Waals surface area contributed by atoms with Crippen LogP contribution in [0.5, 0.6) is 0 Å². The molecule has 2 heteroatoms. The molecule has 100 valence electrons. The van der Waals surface area contributed by atoms with Crippen LogP contribution in [0.15, 0.2) is 24.3 Å². The van der Waals surface area contributed by atoms with Gasteiger partial charge in [0.25, 0.3) is 0 Å². The molecule has 0 aliphatic carbocycles. The van der Waals surface area contributed by atoms with Crippen LogP contribution in [-0.2, 0) is 5.41 Å². The Morgan fingerprint density at radius 1 is 1.06 bits per heavy atom. The molecule has 0 atom stereocenters. The van der Waals surface area contributed by atoms with Crippen LogP contribution in [0.25, 0.3) is 0 Å². The van der Waals surface area contributed by atoms with Crippen molar-refractivity contribution in [3.63, 3.8) is 0 Å². The maximum Gasteiger partial charge on any atom is 0.194 e. The number of benzene rings is 1. The molecule has 0 aromatic heterocycles. The summed E-state index contributed by atoms with van der Waals surface area (Å²) in [5.74, 6) is -0.173. The number of hydrogen-bond acceptors (Lipinski definition) is 2. The second-order valence-electron chi connectivity index (χ2n) is 5.90. The standard InChI is InChI=1S/C16H24O2/c1-6-16(18,7-2)14(17)12-8-10-13(11-9-12)15(3,4)5/h8-11,18H,6-7H2,1-5H3. The van der Waals surface area contributed by atoms with Gasteiger partial charge in [-0.25, -0.2) is 0 Å². The lowest BCUT2D eigenvalue weighted by atomic mass is 9.84. The molecule has 1 aromatic carbocycles. The highest BCUT2D eigenvalue weighted by molar-refractivity contribution is 6.02. The minimum Gasteiger partial charge on any atom is -0.382 e. The number of carbonyl (C=O) groups excluding carboxylic acids is 1. The molecule has 0 unspecified atom stereocenters. The molecule has 0 bridgehead atoms. The lowest BCUT2D eigenvalue weighted by Gasteiger charge is -2.24. The molecule has 0 aliphatic heterocycles. The Morgan fingerprint density at radius 2 is 1.50 bits per heavy atom. The molecule has 18 heavy (non-hydrogen) atoms. The first-order valence-electron chi connectivity index (χ1n) is 6.62. The lowest BCUT2D eigenvalue weighted by molar-refractivity contribution is 0.0277. The summed E-state index contributed by atoms with van der Waals surface area (Å²) in [5, 5.41) is 10.2. The number of ketones is 1. The van der Waals surface area contributed by atoms with Gasteiger partial charge in [0, 0.05) is 5.56 Å². The van der Waals surface area contributed by atoms with Gasteiger partial charge in [0.15, 0.2) is 5.78 Å². The van der Waals surface area contributed by atoms with Crippen molar-refractivity contribution in [2.45, 2.75) is 58.5 Å². The molecule has 0 amide bonds. The molecule has 0 saturated heterocycles. The molecule has 1 aromatic rings. The largest absolute Gasteiger partial charge is 0.382 e. The SMILES string of the molecule is CCC(O)(CC)C(=O)c1ccc(C(C)(C)C)cc1. The lowest BCUT2D eigenvalue weighted by Crippen LogP contribution is -2.37. The van der Waals surface area contributed by atoms with Crippen molar-refractivity contribution in [1.29, 1.82) is 0 Å². The molecule has 0 saturated carbocycles. The fourth-order valence-corrected chi connectivity index (χ4v) is 1.96. The van der Waals surface area contributed by atoms with E-state index in [4.69, 9.17) is 0 Å². The van der Waals surface area contributed by atoms with Gasteiger partial charge < -0.3 is 5.11 Å². The van der Waals surface area contributed by atoms with Crippen LogP contribution in [0.2, 0.25) is 0 Å². The minimum atomic E-state index is -1.22. The molecule has 0 heterocycles. The van der Waals surface area contributed by atoms with Crippen molar-refractivity contribution in [3.8, 4) is 0 Å². The first-order valence-corrected chi connectivity index (χ1v) is 6.62. The zero-order valence-electron chi connectivity index (χ0n) is 12.1. The van der Waals surface area contributed by atoms with Gasteiger partial charge in [-0.3, -0.25) is 4.79 Å². The van der Waals surface area contributed by atoms with E-state index in [1.54, 1.807) is 0 Å². The molecule has 0 spiro atoms. The van der Waals surface area contributed by atoms with Crippen molar-refractivity contribution < 1.29 is 9.90 Å². The fraction of sp³-hybridized carbons (Fsp3) is 0.562. The van der Waals surface area contributed by atoms with Crippen LogP contribution in [0.3, 0.4) is 0 Å². The van der Waals surface area contributed by atoms with Gasteiger partial charge in [-0.15, -0.1) is 0 Å². The number of Topliss-reactive ketones (excluding diaryl/α,β-unsaturated/α-hetero) is 1. The molecular weight excluding hydrogens is 224 g/mol. The Morgan fingerprint density at radius 3 is 1.83 bits per heavy atom. The van der Waals surface area contributed by atoms with E-state index in [1.165, 1.54) is 5.56 Å². The van der Waals surface area contributed by atoms with Gasteiger partial charge in [0.1, 0.15) is 5.60 Å². The molecular formula is C16H24O2. The highest BCUT2D eigenvalue weighted by atomic mass is 16.3. The summed E-state index contributed by atoms with van der Waals surface area (Å²) in [7, 11) is 0. The predicted molar refractivity (Wildman–Crippen MR) is 75.0 cm³/mol. The molecule has 0 aliphatic rings. The Hall–Kier alpha value is -1.15. The molecule has 0 fully saturated rings. The summed E-state index contributed by atoms with van der Waals surface area (Å²) in [6.45, 7) is 10.1. The third kappa shape index (κ3) is 2.99. The number of hydrogen-bond donors (Lipinski definition) is 1. The monoisotopic (exact) mass is 248 g/mol. The highest BCUT2D eigenvalue weighted by Crippen LogP contribution is 2.25. The van der Waals surface area contributed by atoms with Gasteiger partial charge in [0.05, 0.1) is 0 Å². The van der Waals surface area contributed by atoms with Crippen LogP contribution in [0.4, 0.5) is 0 Å². The summed E-state index contributed by atoms with van der Waals surface area (Å²) >= 11 is 0. The van der Waals surface area contributed by atoms with E-state index in [0.717, 1.165) is 0 Å². The van der Waals surface area contributed by atoms with Gasteiger partial charge in [-0.1, -0.05) is 58.9 Å². The molecule has 1 N–H and O–H groups in total. The van der Waals surface area contributed by atoms with E-state index in [1.807, 2.05) is 38.1 Å². The topological polar surface area (TPSA) is 37.3 Å². The average molecular weight is 248 g/mol. The van der Waals surface area contributed by atoms with Crippen molar-refractivity contribution in [2.24, 2.45) is 0 Å². The van der Waals surface area contributed by atoms with Gasteiger partial charge in [-0.05, 0) is 23.8 Å². The maximum atomic E-state index is 12.2. The summed E-state index contributed by atoms with van der Waals surface area (Å²) < 4.78 is 0. The molecule has 1 rings (SSSR count). The van der Waals surface area contributed by atoms with Crippen LogP contribution in [-0.4, -0.2) is 16.5 Å². The Bertz CT molecular complexity index is 406. The first-order chi connectivity index (χ1) is 8.24. The van der Waals surface area contributed by atoms with E-state index in [0.29, 0.717) is 18.4 Å². The van der Waals surface area contributed by atoms with Crippen LogP contribution in [0, 0.1) is 0 Å². The van der Waals surface area contributed by atoms with Gasteiger partial charge in [-0.2, -0.15) is 0 Å². The second-order valence-corrected chi connectivity index (χ2v) is 5.90. The van der Waals surface area contributed by atoms with Crippen LogP contribution in [0.1, 0.15) is 63.4 Å². The quantitative estimate of drug-likeness (QED) is 0.825. The Labute approximate surface area is 110 Å². The van der Waals surface area contributed by atoms with Crippen molar-refractivity contribution >= 4 is 5.78 Å². The Balaban J connectivity index is 3.03. The smallest absolute Gasteiger partial charge is 0.194 e. The average Bonchev–Trinajstić information content (AvgIpc) is 2.36. The van der Waals surface area contributed by atoms with Gasteiger partial charge in [0.2, 0.25) is 0 Å². The zero-order chi connectivity index (χ0) is 14.0. The first kappa shape index (κ1) is 14.9. The third-order valence-electron chi connectivity index (χ3n) is 3.61. The summed E-state index contributed by atoms with van der Waals surface area (Å²) in [5.41, 5.74) is 0.640. The van der Waals surface area contributed by atoms with E-state index < -0.39 is 5.60 Å². The summed E-state index contributed by atoms with van der Waals surface area (Å²) in [6, 6.07) is 7.58. The number of aliphatic hydroxyl groups is 1. The molecule has 2 nitrogen and oxygen atoms in total. The normalized spacial score (nSPS) is 12.6. The molecule has 0 radical (unpaired) electrons. The van der Waals surface area contributed by atoms with Crippen LogP contribution >= 0.6 is 0 Å². The number of rotatable bonds is 4. The summed E-state index contributed by atoms with van der Waals surface area (Å²) in [4.78, 5) is 12.2. The van der Waals surface area contributed by atoms with E-state index in [-0.39, 0.29) is 11.2 Å². The predicted octanol–water partition coefficient (Wildman–Crippen LogP) is 3.72. The maximum absolute atomic E-state index is 12.2. The minimum absolute atomic E-state index is 0.0768. The van der Waals surface area contributed by atoms with Gasteiger partial charge >= 0.3 is 0 Å². The second kappa shape index (κ2) is 5.23. The van der Waals surface area contributed by atoms with Crippen LogP contribution < -0.4 is 0 Å². The number of carbonyl (C=O) groups is 1. The van der Waals surface area contributed by atoms with E-state index in [9.17, 15) is 9.90 Å². The van der Waals surface area contributed by atoms with Crippen molar-refractivity contribution in [1.82, 2.24) is 0 Å². The Kier molecular flexibility index (Phi) is 4.33. The van der Waals surface area contributed by atoms with E-state index in [2.05, 4.69) is 20.8 Å². The fourth-order valence-electron chi connectivity index (χ4n) is 1.96. The van der Waals surface area contributed by atoms with E-state index >= 15 is 0 Å². The third-order valence-corrected chi connectivity index (χ3v) is 3.61. The zero-order valence-corrected chi connectivity index (χ0v) is 12.1. The van der Waals surface area contributed by atoms with Crippen molar-refractivity contribution in [2.75, 3.05) is 0 Å².